The summed E-state index contributed by atoms with van der Waals surface area (Å²) >= 11 is 0. The van der Waals surface area contributed by atoms with Gasteiger partial charge in [-0.25, -0.2) is 0 Å². The third-order valence-electron chi connectivity index (χ3n) is 3.20. The second-order valence-corrected chi connectivity index (χ2v) is 4.80. The fourth-order valence-corrected chi connectivity index (χ4v) is 2.35. The number of nitrogens with zero attached hydrogens (tertiary/aromatic N) is 1. The quantitative estimate of drug-likeness (QED) is 0.646. The van der Waals surface area contributed by atoms with Crippen molar-refractivity contribution < 1.29 is 4.74 Å². The highest BCUT2D eigenvalue weighted by molar-refractivity contribution is 4.90. The summed E-state index contributed by atoms with van der Waals surface area (Å²) in [5.41, 5.74) is 0. The molecule has 0 aromatic heterocycles. The Bertz CT molecular complexity index is 237. The van der Waals surface area contributed by atoms with E-state index in [0.717, 1.165) is 45.8 Å². The average Bonchev–Trinajstić information content (AvgIpc) is 2.74. The number of nitrogens with one attached hydrogen (secondary N) is 1. The second-order valence-electron chi connectivity index (χ2n) is 4.80. The van der Waals surface area contributed by atoms with Crippen LogP contribution in [-0.4, -0.2) is 50.3 Å². The number of hydrogen-bond donors (Lipinski definition) is 1. The minimum absolute atomic E-state index is 0.507. The number of ether oxygens (including phenoxy) is 1. The molecule has 1 aliphatic heterocycles. The van der Waals surface area contributed by atoms with Crippen molar-refractivity contribution in [3.8, 4) is 12.3 Å². The third kappa shape index (κ3) is 5.08. The molecule has 17 heavy (non-hydrogen) atoms. The Morgan fingerprint density at radius 2 is 2.18 bits per heavy atom. The Labute approximate surface area is 106 Å². The van der Waals surface area contributed by atoms with Gasteiger partial charge < -0.3 is 10.1 Å². The van der Waals surface area contributed by atoms with Gasteiger partial charge in [0.25, 0.3) is 0 Å². The van der Waals surface area contributed by atoms with E-state index in [2.05, 4.69) is 30.0 Å². The Hall–Kier alpha value is -0.560. The number of terminal acetylenes is 1. The Morgan fingerprint density at radius 3 is 2.82 bits per heavy atom. The Kier molecular flexibility index (Phi) is 7.27. The highest BCUT2D eigenvalue weighted by Gasteiger charge is 2.28. The van der Waals surface area contributed by atoms with Crippen molar-refractivity contribution in [2.75, 3.05) is 39.4 Å². The van der Waals surface area contributed by atoms with E-state index >= 15 is 0 Å². The van der Waals surface area contributed by atoms with Crippen LogP contribution in [0.1, 0.15) is 26.7 Å². The van der Waals surface area contributed by atoms with Crippen LogP contribution >= 0.6 is 0 Å². The number of hydrogen-bond acceptors (Lipinski definition) is 3. The van der Waals surface area contributed by atoms with Crippen molar-refractivity contribution in [3.63, 3.8) is 0 Å². The molecule has 0 aliphatic carbocycles. The molecule has 2 atom stereocenters. The molecule has 3 nitrogen and oxygen atoms in total. The molecule has 1 heterocycles. The van der Waals surface area contributed by atoms with E-state index in [1.807, 2.05) is 0 Å². The van der Waals surface area contributed by atoms with Gasteiger partial charge >= 0.3 is 0 Å². The van der Waals surface area contributed by atoms with Crippen molar-refractivity contribution in [3.05, 3.63) is 0 Å². The highest BCUT2D eigenvalue weighted by atomic mass is 16.5. The molecule has 1 rings (SSSR count). The second kappa shape index (κ2) is 8.52. The predicted octanol–water partition coefficient (Wildman–Crippen LogP) is 1.35. The van der Waals surface area contributed by atoms with Gasteiger partial charge in [0.05, 0.1) is 19.8 Å². The van der Waals surface area contributed by atoms with Crippen molar-refractivity contribution in [1.29, 1.82) is 0 Å². The monoisotopic (exact) mass is 238 g/mol. The average molecular weight is 238 g/mol. The van der Waals surface area contributed by atoms with Gasteiger partial charge in [0, 0.05) is 18.5 Å². The molecule has 0 saturated carbocycles. The summed E-state index contributed by atoms with van der Waals surface area (Å²) in [5.74, 6) is 3.33. The molecule has 0 radical (unpaired) electrons. The molecule has 0 aromatic carbocycles. The molecule has 0 aromatic rings. The smallest absolute Gasteiger partial charge is 0.0623 e. The van der Waals surface area contributed by atoms with Gasteiger partial charge in [-0.1, -0.05) is 19.8 Å². The van der Waals surface area contributed by atoms with Crippen LogP contribution in [0.25, 0.3) is 0 Å². The van der Waals surface area contributed by atoms with Crippen molar-refractivity contribution >= 4 is 0 Å². The first-order valence-corrected chi connectivity index (χ1v) is 6.78. The van der Waals surface area contributed by atoms with E-state index in [-0.39, 0.29) is 0 Å². The van der Waals surface area contributed by atoms with Gasteiger partial charge in [-0.15, -0.1) is 6.42 Å². The van der Waals surface area contributed by atoms with Gasteiger partial charge in [0.1, 0.15) is 0 Å². The van der Waals surface area contributed by atoms with Crippen molar-refractivity contribution in [1.82, 2.24) is 10.2 Å². The summed E-state index contributed by atoms with van der Waals surface area (Å²) < 4.78 is 5.58. The molecular formula is C14H26N2O. The van der Waals surface area contributed by atoms with Crippen LogP contribution in [0.15, 0.2) is 0 Å². The lowest BCUT2D eigenvalue weighted by Crippen LogP contribution is -2.42. The Morgan fingerprint density at radius 1 is 1.35 bits per heavy atom. The largest absolute Gasteiger partial charge is 0.379 e. The first-order valence-electron chi connectivity index (χ1n) is 6.78. The maximum atomic E-state index is 5.58. The zero-order valence-electron chi connectivity index (χ0n) is 11.2. The minimum Gasteiger partial charge on any atom is -0.379 e. The molecule has 1 saturated heterocycles. The minimum atomic E-state index is 0.507. The molecular weight excluding hydrogens is 212 g/mol. The standard InChI is InChI=1S/C14H26N2O/c1-4-7-15-14-12-17-11-13(14)10-16(8-5-2)9-6-3/h2,13-15H,4,6-12H2,1,3H3. The van der Waals surface area contributed by atoms with Crippen LogP contribution in [0, 0.1) is 18.3 Å². The van der Waals surface area contributed by atoms with Crippen LogP contribution in [0.4, 0.5) is 0 Å². The normalized spacial score (nSPS) is 24.1. The molecule has 3 heteroatoms. The SMILES string of the molecule is C#CCN(CCC)CC1COCC1NCCC. The van der Waals surface area contributed by atoms with Crippen LogP contribution in [0.3, 0.4) is 0 Å². The lowest BCUT2D eigenvalue weighted by atomic mass is 10.0. The maximum Gasteiger partial charge on any atom is 0.0623 e. The fraction of sp³-hybridized carbons (Fsp3) is 0.857. The zero-order chi connectivity index (χ0) is 12.5. The third-order valence-corrected chi connectivity index (χ3v) is 3.20. The summed E-state index contributed by atoms with van der Waals surface area (Å²) in [6.07, 6.45) is 7.74. The molecule has 1 N–H and O–H groups in total. The van der Waals surface area contributed by atoms with E-state index in [4.69, 9.17) is 11.2 Å². The van der Waals surface area contributed by atoms with Gasteiger partial charge in [0.2, 0.25) is 0 Å². The summed E-state index contributed by atoms with van der Waals surface area (Å²) in [4.78, 5) is 2.36. The lowest BCUT2D eigenvalue weighted by Gasteiger charge is -2.26. The zero-order valence-corrected chi connectivity index (χ0v) is 11.2. The van der Waals surface area contributed by atoms with E-state index in [1.165, 1.54) is 6.42 Å². The van der Waals surface area contributed by atoms with E-state index in [9.17, 15) is 0 Å². The maximum absolute atomic E-state index is 5.58. The topological polar surface area (TPSA) is 24.5 Å². The molecule has 0 amide bonds. The number of rotatable bonds is 8. The molecule has 1 aliphatic rings. The summed E-state index contributed by atoms with van der Waals surface area (Å²) in [6.45, 7) is 10.1. The van der Waals surface area contributed by atoms with Gasteiger partial charge in [-0.3, -0.25) is 4.90 Å². The lowest BCUT2D eigenvalue weighted by molar-refractivity contribution is 0.171. The highest BCUT2D eigenvalue weighted by Crippen LogP contribution is 2.15. The predicted molar refractivity (Wildman–Crippen MR) is 72.0 cm³/mol. The van der Waals surface area contributed by atoms with Crippen LogP contribution < -0.4 is 5.32 Å². The van der Waals surface area contributed by atoms with Gasteiger partial charge in [0.15, 0.2) is 0 Å². The molecule has 98 valence electrons. The molecule has 0 bridgehead atoms. The summed E-state index contributed by atoms with van der Waals surface area (Å²) in [5, 5.41) is 3.57. The van der Waals surface area contributed by atoms with E-state index < -0.39 is 0 Å². The first kappa shape index (κ1) is 14.5. The van der Waals surface area contributed by atoms with Crippen molar-refractivity contribution in [2.24, 2.45) is 5.92 Å². The van der Waals surface area contributed by atoms with Gasteiger partial charge in [-0.05, 0) is 25.9 Å². The fourth-order valence-electron chi connectivity index (χ4n) is 2.35. The van der Waals surface area contributed by atoms with Crippen LogP contribution in [-0.2, 0) is 4.74 Å². The summed E-state index contributed by atoms with van der Waals surface area (Å²) in [7, 11) is 0. The van der Waals surface area contributed by atoms with E-state index in [0.29, 0.717) is 12.0 Å². The Balaban J connectivity index is 2.38. The van der Waals surface area contributed by atoms with Crippen LogP contribution in [0.2, 0.25) is 0 Å². The molecule has 0 spiro atoms. The van der Waals surface area contributed by atoms with Gasteiger partial charge in [-0.2, -0.15) is 0 Å². The summed E-state index contributed by atoms with van der Waals surface area (Å²) in [6, 6.07) is 0.507. The molecule has 2 unspecified atom stereocenters. The van der Waals surface area contributed by atoms with Crippen LogP contribution in [0.5, 0.6) is 0 Å². The van der Waals surface area contributed by atoms with E-state index in [1.54, 1.807) is 0 Å². The first-order chi connectivity index (χ1) is 8.31. The van der Waals surface area contributed by atoms with Crippen molar-refractivity contribution in [2.45, 2.75) is 32.7 Å². The molecule has 1 fully saturated rings.